The molecule has 0 aliphatic heterocycles. The molecule has 1 unspecified atom stereocenters. The first kappa shape index (κ1) is 15.2. The lowest BCUT2D eigenvalue weighted by molar-refractivity contribution is 0.689. The van der Waals surface area contributed by atoms with Gasteiger partial charge in [0.2, 0.25) is 0 Å². The van der Waals surface area contributed by atoms with Crippen molar-refractivity contribution in [2.75, 3.05) is 0 Å². The number of benzene rings is 1. The predicted octanol–water partition coefficient (Wildman–Crippen LogP) is 5.59. The summed E-state index contributed by atoms with van der Waals surface area (Å²) in [4.78, 5) is 0. The maximum atomic E-state index is 3.92. The van der Waals surface area contributed by atoms with Gasteiger partial charge in [0.25, 0.3) is 0 Å². The lowest BCUT2D eigenvalue weighted by Gasteiger charge is -2.19. The van der Waals surface area contributed by atoms with Crippen molar-refractivity contribution in [3.8, 4) is 0 Å². The van der Waals surface area contributed by atoms with Crippen molar-refractivity contribution < 1.29 is 0 Å². The van der Waals surface area contributed by atoms with Gasteiger partial charge >= 0.3 is 0 Å². The van der Waals surface area contributed by atoms with Crippen molar-refractivity contribution in [1.82, 2.24) is 0 Å². The lowest BCUT2D eigenvalue weighted by atomic mass is 9.86. The summed E-state index contributed by atoms with van der Waals surface area (Å²) in [6, 6.07) is 8.56. The normalized spacial score (nSPS) is 23.0. The fraction of sp³-hybridized carbons (Fsp3) is 0.263. The van der Waals surface area contributed by atoms with Crippen molar-refractivity contribution in [2.45, 2.75) is 27.2 Å². The summed E-state index contributed by atoms with van der Waals surface area (Å²) in [7, 11) is 0. The molecule has 0 spiro atoms. The quantitative estimate of drug-likeness (QED) is 0.644. The van der Waals surface area contributed by atoms with Gasteiger partial charge in [-0.1, -0.05) is 82.5 Å². The van der Waals surface area contributed by atoms with Crippen molar-refractivity contribution in [2.24, 2.45) is 5.92 Å². The molecule has 2 rings (SSSR count). The molecule has 0 N–H and O–H groups in total. The van der Waals surface area contributed by atoms with Crippen molar-refractivity contribution >= 4 is 6.08 Å². The number of hydrogen-bond donors (Lipinski definition) is 0. The molecular weight excluding hydrogens is 228 g/mol. The third-order valence-electron chi connectivity index (χ3n) is 3.33. The maximum absolute atomic E-state index is 3.92. The summed E-state index contributed by atoms with van der Waals surface area (Å²) in [5.41, 5.74) is 5.17. The molecule has 0 fully saturated rings. The first-order valence-electron chi connectivity index (χ1n) is 7.01. The fourth-order valence-corrected chi connectivity index (χ4v) is 2.39. The van der Waals surface area contributed by atoms with Crippen molar-refractivity contribution in [1.29, 1.82) is 0 Å². The van der Waals surface area contributed by atoms with Crippen LogP contribution in [0.25, 0.3) is 6.08 Å². The highest BCUT2D eigenvalue weighted by molar-refractivity contribution is 5.61. The van der Waals surface area contributed by atoms with Crippen LogP contribution in [0.3, 0.4) is 0 Å². The molecule has 1 aromatic rings. The van der Waals surface area contributed by atoms with E-state index in [0.29, 0.717) is 5.92 Å². The van der Waals surface area contributed by atoms with E-state index < -0.39 is 0 Å². The number of hydrogen-bond acceptors (Lipinski definition) is 0. The number of fused-ring (bicyclic) bond motifs is 1. The molecule has 0 amide bonds. The topological polar surface area (TPSA) is 0 Å². The molecule has 1 atom stereocenters. The average molecular weight is 252 g/mol. The molecule has 0 heteroatoms. The Morgan fingerprint density at radius 3 is 2.37 bits per heavy atom. The van der Waals surface area contributed by atoms with E-state index >= 15 is 0 Å². The second-order valence-corrected chi connectivity index (χ2v) is 4.46. The van der Waals surface area contributed by atoms with E-state index in [4.69, 9.17) is 0 Å². The zero-order valence-corrected chi connectivity index (χ0v) is 12.3. The van der Waals surface area contributed by atoms with E-state index in [2.05, 4.69) is 56.5 Å². The summed E-state index contributed by atoms with van der Waals surface area (Å²) in [5, 5.41) is 0. The van der Waals surface area contributed by atoms with Crippen LogP contribution in [-0.4, -0.2) is 0 Å². The number of allylic oxidation sites excluding steroid dienone is 5. The Morgan fingerprint density at radius 1 is 1.05 bits per heavy atom. The zero-order chi connectivity index (χ0) is 14.3. The molecule has 100 valence electrons. The van der Waals surface area contributed by atoms with Gasteiger partial charge in [-0.2, -0.15) is 0 Å². The Balaban J connectivity index is 0.000000861. The van der Waals surface area contributed by atoms with Crippen LogP contribution >= 0.6 is 0 Å². The van der Waals surface area contributed by atoms with Gasteiger partial charge in [-0.3, -0.25) is 0 Å². The van der Waals surface area contributed by atoms with Crippen LogP contribution in [0.2, 0.25) is 0 Å². The van der Waals surface area contributed by atoms with E-state index in [1.165, 1.54) is 22.3 Å². The first-order valence-corrected chi connectivity index (χ1v) is 7.01. The van der Waals surface area contributed by atoms with Gasteiger partial charge in [0.05, 0.1) is 0 Å². The van der Waals surface area contributed by atoms with E-state index in [1.54, 1.807) is 0 Å². The minimum Gasteiger partial charge on any atom is -0.0988 e. The minimum atomic E-state index is 0.478. The van der Waals surface area contributed by atoms with Gasteiger partial charge in [0.1, 0.15) is 0 Å². The molecule has 1 aliphatic carbocycles. The molecule has 0 radical (unpaired) electrons. The van der Waals surface area contributed by atoms with Gasteiger partial charge in [0, 0.05) is 0 Å². The van der Waals surface area contributed by atoms with Crippen molar-refractivity contribution in [3.63, 3.8) is 0 Å². The highest BCUT2D eigenvalue weighted by atomic mass is 14.2. The molecule has 0 bridgehead atoms. The van der Waals surface area contributed by atoms with Crippen LogP contribution in [0.1, 0.15) is 31.9 Å². The summed E-state index contributed by atoms with van der Waals surface area (Å²) < 4.78 is 0. The van der Waals surface area contributed by atoms with E-state index in [-0.39, 0.29) is 0 Å². The Hall–Kier alpha value is -1.82. The summed E-state index contributed by atoms with van der Waals surface area (Å²) in [5.74, 6) is 0.478. The minimum absolute atomic E-state index is 0.478. The first-order chi connectivity index (χ1) is 9.26. The lowest BCUT2D eigenvalue weighted by Crippen LogP contribution is -2.06. The molecule has 1 aromatic carbocycles. The highest BCUT2D eigenvalue weighted by Crippen LogP contribution is 2.27. The Kier molecular flexibility index (Phi) is 6.08. The molecule has 19 heavy (non-hydrogen) atoms. The third kappa shape index (κ3) is 3.57. The van der Waals surface area contributed by atoms with E-state index in [9.17, 15) is 0 Å². The maximum Gasteiger partial charge on any atom is -0.0144 e. The largest absolute Gasteiger partial charge is 0.0988 e. The van der Waals surface area contributed by atoms with Crippen LogP contribution in [-0.2, 0) is 6.42 Å². The monoisotopic (exact) mass is 252 g/mol. The van der Waals surface area contributed by atoms with Crippen LogP contribution < -0.4 is 0 Å². The van der Waals surface area contributed by atoms with Gasteiger partial charge < -0.3 is 0 Å². The van der Waals surface area contributed by atoms with Crippen LogP contribution in [0.5, 0.6) is 0 Å². The molecule has 0 saturated heterocycles. The molecule has 1 aliphatic rings. The molecule has 0 heterocycles. The van der Waals surface area contributed by atoms with Gasteiger partial charge in [-0.25, -0.2) is 0 Å². The predicted molar refractivity (Wildman–Crippen MR) is 87.1 cm³/mol. The van der Waals surface area contributed by atoms with E-state index in [0.717, 1.165) is 6.42 Å². The fourth-order valence-electron chi connectivity index (χ4n) is 2.39. The third-order valence-corrected chi connectivity index (χ3v) is 3.33. The van der Waals surface area contributed by atoms with Crippen LogP contribution in [0, 0.1) is 5.92 Å². The Morgan fingerprint density at radius 2 is 1.74 bits per heavy atom. The molecule has 0 nitrogen and oxygen atoms in total. The van der Waals surface area contributed by atoms with Gasteiger partial charge in [-0.15, -0.1) is 0 Å². The van der Waals surface area contributed by atoms with E-state index in [1.807, 2.05) is 26.0 Å². The summed E-state index contributed by atoms with van der Waals surface area (Å²) in [6.07, 6.45) is 9.23. The van der Waals surface area contributed by atoms with Crippen molar-refractivity contribution in [3.05, 3.63) is 77.9 Å². The smallest absolute Gasteiger partial charge is 0.0144 e. The van der Waals surface area contributed by atoms with Crippen LogP contribution in [0.15, 0.2) is 66.8 Å². The Labute approximate surface area is 117 Å². The van der Waals surface area contributed by atoms with Gasteiger partial charge in [-0.05, 0) is 34.6 Å². The van der Waals surface area contributed by atoms with Crippen LogP contribution in [0.4, 0.5) is 0 Å². The summed E-state index contributed by atoms with van der Waals surface area (Å²) in [6.45, 7) is 14.1. The molecule has 0 saturated carbocycles. The summed E-state index contributed by atoms with van der Waals surface area (Å²) >= 11 is 0. The second kappa shape index (κ2) is 7.58. The second-order valence-electron chi connectivity index (χ2n) is 4.46. The van der Waals surface area contributed by atoms with Gasteiger partial charge in [0.15, 0.2) is 0 Å². The molecular formula is C19H24. The average Bonchev–Trinajstić information content (AvgIpc) is 2.45. The highest BCUT2D eigenvalue weighted by Gasteiger charge is 2.13. The zero-order valence-electron chi connectivity index (χ0n) is 12.3. The number of rotatable bonds is 2. The Bertz CT molecular complexity index is 501. The SMILES string of the molecule is C=CC1=C(\C=C)C(C)Cc2ccccc2/C=C\1.CC. The molecule has 0 aromatic heterocycles. The standard InChI is InChI=1S/C17H18.C2H6/c1-4-14-10-11-15-8-6-7-9-16(15)12-13(3)17(14)5-2;1-2/h4-11,13H,1-2,12H2,3H3;1-2H3/b11-10-,17-14-;.